The van der Waals surface area contributed by atoms with Gasteiger partial charge in [-0.1, -0.05) is 0 Å². The zero-order chi connectivity index (χ0) is 10.8. The first-order valence-corrected chi connectivity index (χ1v) is 4.43. The quantitative estimate of drug-likeness (QED) is 0.790. The smallest absolute Gasteiger partial charge is 0.309 e. The van der Waals surface area contributed by atoms with Crippen molar-refractivity contribution in [1.82, 2.24) is 9.97 Å². The number of carbonyl (C=O) groups is 1. The summed E-state index contributed by atoms with van der Waals surface area (Å²) in [5, 5.41) is 8.93. The van der Waals surface area contributed by atoms with Gasteiger partial charge in [0.1, 0.15) is 6.33 Å². The average Bonchev–Trinajstić information content (AvgIpc) is 2.02. The molecule has 0 unspecified atom stereocenters. The largest absolute Gasteiger partial charge is 0.481 e. The molecule has 0 spiro atoms. The molecule has 0 aliphatic rings. The van der Waals surface area contributed by atoms with Crippen molar-refractivity contribution in [3.8, 4) is 0 Å². The average molecular weight is 194 g/mol. The van der Waals surface area contributed by atoms with Gasteiger partial charge in [-0.15, -0.1) is 0 Å². The summed E-state index contributed by atoms with van der Waals surface area (Å²) in [5.41, 5.74) is 0.849. The molecule has 0 saturated heterocycles. The molecule has 0 fully saturated rings. The van der Waals surface area contributed by atoms with E-state index in [2.05, 4.69) is 9.97 Å². The van der Waals surface area contributed by atoms with E-state index in [1.54, 1.807) is 13.8 Å². The van der Waals surface area contributed by atoms with Gasteiger partial charge >= 0.3 is 5.97 Å². The lowest BCUT2D eigenvalue weighted by molar-refractivity contribution is -0.146. The Morgan fingerprint density at radius 3 is 2.64 bits per heavy atom. The van der Waals surface area contributed by atoms with Gasteiger partial charge in [0.05, 0.1) is 5.41 Å². The van der Waals surface area contributed by atoms with Crippen LogP contribution in [0.25, 0.3) is 0 Å². The number of carboxylic acid groups (broad SMARTS) is 1. The zero-order valence-electron chi connectivity index (χ0n) is 8.61. The Balaban J connectivity index is 2.83. The van der Waals surface area contributed by atoms with Crippen LogP contribution >= 0.6 is 0 Å². The topological polar surface area (TPSA) is 63.1 Å². The zero-order valence-corrected chi connectivity index (χ0v) is 8.61. The molecule has 0 radical (unpaired) electrons. The molecule has 4 nitrogen and oxygen atoms in total. The molecule has 14 heavy (non-hydrogen) atoms. The SMILES string of the molecule is Cc1cc(CC(C)(C)C(=O)O)ncn1. The van der Waals surface area contributed by atoms with E-state index >= 15 is 0 Å². The van der Waals surface area contributed by atoms with E-state index in [4.69, 9.17) is 5.11 Å². The third kappa shape index (κ3) is 2.52. The van der Waals surface area contributed by atoms with Crippen molar-refractivity contribution < 1.29 is 9.90 Å². The summed E-state index contributed by atoms with van der Waals surface area (Å²) in [7, 11) is 0. The van der Waals surface area contributed by atoms with Gasteiger partial charge in [0, 0.05) is 17.8 Å². The highest BCUT2D eigenvalue weighted by atomic mass is 16.4. The summed E-state index contributed by atoms with van der Waals surface area (Å²) >= 11 is 0. The number of rotatable bonds is 3. The molecular weight excluding hydrogens is 180 g/mol. The minimum atomic E-state index is -0.811. The van der Waals surface area contributed by atoms with Crippen molar-refractivity contribution in [3.63, 3.8) is 0 Å². The lowest BCUT2D eigenvalue weighted by Crippen LogP contribution is -2.26. The van der Waals surface area contributed by atoms with E-state index in [1.807, 2.05) is 13.0 Å². The van der Waals surface area contributed by atoms with E-state index in [-0.39, 0.29) is 0 Å². The van der Waals surface area contributed by atoms with Crippen LogP contribution in [-0.4, -0.2) is 21.0 Å². The Kier molecular flexibility index (Phi) is 2.84. The molecule has 1 heterocycles. The van der Waals surface area contributed by atoms with E-state index in [9.17, 15) is 4.79 Å². The van der Waals surface area contributed by atoms with Gasteiger partial charge in [-0.2, -0.15) is 0 Å². The number of nitrogens with zero attached hydrogens (tertiary/aromatic N) is 2. The van der Waals surface area contributed by atoms with Crippen molar-refractivity contribution in [2.24, 2.45) is 5.41 Å². The lowest BCUT2D eigenvalue weighted by atomic mass is 9.88. The minimum Gasteiger partial charge on any atom is -0.481 e. The van der Waals surface area contributed by atoms with Gasteiger partial charge in [-0.25, -0.2) is 9.97 Å². The molecule has 76 valence electrons. The summed E-state index contributed by atoms with van der Waals surface area (Å²) in [5.74, 6) is -0.811. The molecule has 0 saturated carbocycles. The van der Waals surface area contributed by atoms with Crippen LogP contribution in [0.2, 0.25) is 0 Å². The van der Waals surface area contributed by atoms with Gasteiger partial charge in [-0.05, 0) is 26.8 Å². The van der Waals surface area contributed by atoms with Crippen molar-refractivity contribution in [2.75, 3.05) is 0 Å². The molecule has 0 aliphatic carbocycles. The van der Waals surface area contributed by atoms with Crippen LogP contribution in [0, 0.1) is 12.3 Å². The third-order valence-electron chi connectivity index (χ3n) is 2.06. The number of aryl methyl sites for hydroxylation is 1. The molecule has 1 rings (SSSR count). The predicted molar refractivity (Wildman–Crippen MR) is 51.9 cm³/mol. The van der Waals surface area contributed by atoms with Crippen molar-refractivity contribution in [3.05, 3.63) is 23.8 Å². The van der Waals surface area contributed by atoms with Gasteiger partial charge in [-0.3, -0.25) is 4.79 Å². The summed E-state index contributed by atoms with van der Waals surface area (Å²) in [6.45, 7) is 5.23. The molecular formula is C10H14N2O2. The minimum absolute atomic E-state index is 0.422. The standard InChI is InChI=1S/C10H14N2O2/c1-7-4-8(12-6-11-7)5-10(2,3)9(13)14/h4,6H,5H2,1-3H3,(H,13,14). The maximum Gasteiger partial charge on any atom is 0.309 e. The van der Waals surface area contributed by atoms with Crippen LogP contribution in [0.5, 0.6) is 0 Å². The molecule has 0 amide bonds. The lowest BCUT2D eigenvalue weighted by Gasteiger charge is -2.18. The van der Waals surface area contributed by atoms with Crippen LogP contribution in [0.1, 0.15) is 25.2 Å². The van der Waals surface area contributed by atoms with Crippen LogP contribution in [0.15, 0.2) is 12.4 Å². The van der Waals surface area contributed by atoms with Crippen molar-refractivity contribution >= 4 is 5.97 Å². The van der Waals surface area contributed by atoms with Gasteiger partial charge in [0.15, 0.2) is 0 Å². The molecule has 0 aromatic carbocycles. The van der Waals surface area contributed by atoms with E-state index in [1.165, 1.54) is 6.33 Å². The van der Waals surface area contributed by atoms with E-state index in [0.717, 1.165) is 11.4 Å². The second-order valence-corrected chi connectivity index (χ2v) is 4.02. The van der Waals surface area contributed by atoms with Gasteiger partial charge in [0.25, 0.3) is 0 Å². The summed E-state index contributed by atoms with van der Waals surface area (Å²) in [6.07, 6.45) is 1.88. The van der Waals surface area contributed by atoms with Crippen LogP contribution in [-0.2, 0) is 11.2 Å². The van der Waals surface area contributed by atoms with E-state index < -0.39 is 11.4 Å². The number of aromatic nitrogens is 2. The van der Waals surface area contributed by atoms with Crippen molar-refractivity contribution in [1.29, 1.82) is 0 Å². The summed E-state index contributed by atoms with van der Waals surface area (Å²) < 4.78 is 0. The molecule has 4 heteroatoms. The Morgan fingerprint density at radius 2 is 2.14 bits per heavy atom. The molecule has 0 aliphatic heterocycles. The summed E-state index contributed by atoms with van der Waals surface area (Å²) in [6, 6.07) is 1.81. The first kappa shape index (κ1) is 10.6. The Bertz CT molecular complexity index is 348. The van der Waals surface area contributed by atoms with Crippen molar-refractivity contribution in [2.45, 2.75) is 27.2 Å². The molecule has 1 N–H and O–H groups in total. The highest BCUT2D eigenvalue weighted by molar-refractivity contribution is 5.73. The summed E-state index contributed by atoms with van der Waals surface area (Å²) in [4.78, 5) is 18.9. The van der Waals surface area contributed by atoms with E-state index in [0.29, 0.717) is 6.42 Å². The first-order valence-electron chi connectivity index (χ1n) is 4.43. The number of hydrogen-bond donors (Lipinski definition) is 1. The molecule has 1 aromatic heterocycles. The van der Waals surface area contributed by atoms with Crippen LogP contribution < -0.4 is 0 Å². The van der Waals surface area contributed by atoms with Gasteiger partial charge < -0.3 is 5.11 Å². The Hall–Kier alpha value is -1.45. The highest BCUT2D eigenvalue weighted by Gasteiger charge is 2.27. The number of carboxylic acids is 1. The first-order chi connectivity index (χ1) is 6.42. The maximum absolute atomic E-state index is 10.9. The normalized spacial score (nSPS) is 11.4. The Labute approximate surface area is 83.0 Å². The van der Waals surface area contributed by atoms with Crippen LogP contribution in [0.3, 0.4) is 0 Å². The van der Waals surface area contributed by atoms with Crippen LogP contribution in [0.4, 0.5) is 0 Å². The Morgan fingerprint density at radius 1 is 1.50 bits per heavy atom. The molecule has 1 aromatic rings. The second-order valence-electron chi connectivity index (χ2n) is 4.02. The maximum atomic E-state index is 10.9. The molecule has 0 atom stereocenters. The highest BCUT2D eigenvalue weighted by Crippen LogP contribution is 2.20. The third-order valence-corrected chi connectivity index (χ3v) is 2.06. The molecule has 0 bridgehead atoms. The predicted octanol–water partition coefficient (Wildman–Crippen LogP) is 1.44. The fraction of sp³-hybridized carbons (Fsp3) is 0.500. The number of aliphatic carboxylic acids is 1. The van der Waals surface area contributed by atoms with Gasteiger partial charge in [0.2, 0.25) is 0 Å². The second kappa shape index (κ2) is 3.74. The fourth-order valence-corrected chi connectivity index (χ4v) is 1.13. The monoisotopic (exact) mass is 194 g/mol. The fourth-order valence-electron chi connectivity index (χ4n) is 1.13. The number of hydrogen-bond acceptors (Lipinski definition) is 3.